The molecule has 1 aromatic rings. The first-order valence-corrected chi connectivity index (χ1v) is 6.20. The largest absolute Gasteiger partial charge is 0.417 e. The summed E-state index contributed by atoms with van der Waals surface area (Å²) in [6, 6.07) is 4.21. The summed E-state index contributed by atoms with van der Waals surface area (Å²) in [5.41, 5.74) is 0.738. The van der Waals surface area contributed by atoms with Crippen molar-refractivity contribution in [3.63, 3.8) is 0 Å². The predicted molar refractivity (Wildman–Crippen MR) is 68.6 cm³/mol. The van der Waals surface area contributed by atoms with Gasteiger partial charge in [-0.2, -0.15) is 0 Å². The number of alkyl halides is 1. The summed E-state index contributed by atoms with van der Waals surface area (Å²) in [6.45, 7) is 3.95. The van der Waals surface area contributed by atoms with Gasteiger partial charge in [-0.25, -0.2) is 9.98 Å². The van der Waals surface area contributed by atoms with Crippen molar-refractivity contribution in [1.29, 1.82) is 0 Å². The van der Waals surface area contributed by atoms with Gasteiger partial charge in [0.2, 0.25) is 11.8 Å². The third kappa shape index (κ3) is 2.18. The average Bonchev–Trinajstić information content (AvgIpc) is 2.85. The van der Waals surface area contributed by atoms with E-state index in [4.69, 9.17) is 16.3 Å². The van der Waals surface area contributed by atoms with E-state index in [-0.39, 0.29) is 6.00 Å². The fraction of sp³-hybridized carbons (Fsp3) is 0.273. The molecule has 0 saturated heterocycles. The molecule has 0 fully saturated rings. The van der Waals surface area contributed by atoms with E-state index in [9.17, 15) is 0 Å². The van der Waals surface area contributed by atoms with Crippen LogP contribution in [-0.4, -0.2) is 17.8 Å². The molecule has 5 heteroatoms. The van der Waals surface area contributed by atoms with Gasteiger partial charge in [0, 0.05) is 4.88 Å². The quantitative estimate of drug-likeness (QED) is 0.589. The molecule has 0 spiro atoms. The van der Waals surface area contributed by atoms with Crippen molar-refractivity contribution in [2.75, 3.05) is 6.00 Å². The zero-order valence-corrected chi connectivity index (χ0v) is 10.6. The Morgan fingerprint density at radius 3 is 2.94 bits per heavy atom. The number of aryl methyl sites for hydroxylation is 1. The van der Waals surface area contributed by atoms with Crippen LogP contribution in [0.15, 0.2) is 33.9 Å². The van der Waals surface area contributed by atoms with Crippen molar-refractivity contribution in [1.82, 2.24) is 0 Å². The second-order valence-corrected chi connectivity index (χ2v) is 4.71. The van der Waals surface area contributed by atoms with E-state index < -0.39 is 0 Å². The van der Waals surface area contributed by atoms with E-state index in [1.54, 1.807) is 11.3 Å². The van der Waals surface area contributed by atoms with Crippen molar-refractivity contribution in [3.8, 4) is 0 Å². The smallest absolute Gasteiger partial charge is 0.243 e. The SMILES string of the molecule is C/C=C1/N=C(c2ccc(C)s2)O/C1=N/CCl. The average molecular weight is 255 g/mol. The zero-order chi connectivity index (χ0) is 11.5. The van der Waals surface area contributed by atoms with Gasteiger partial charge >= 0.3 is 0 Å². The van der Waals surface area contributed by atoms with E-state index in [1.165, 1.54) is 4.88 Å². The van der Waals surface area contributed by atoms with Crippen molar-refractivity contribution in [3.05, 3.63) is 33.7 Å². The number of allylic oxidation sites excluding steroid dienone is 1. The Labute approximate surface area is 103 Å². The van der Waals surface area contributed by atoms with Gasteiger partial charge in [-0.3, -0.25) is 0 Å². The second kappa shape index (κ2) is 4.80. The summed E-state index contributed by atoms with van der Waals surface area (Å²) >= 11 is 7.21. The Kier molecular flexibility index (Phi) is 3.41. The van der Waals surface area contributed by atoms with Crippen molar-refractivity contribution >= 4 is 34.7 Å². The highest BCUT2D eigenvalue weighted by molar-refractivity contribution is 7.14. The van der Waals surface area contributed by atoms with Crippen LogP contribution in [0.1, 0.15) is 16.7 Å². The van der Waals surface area contributed by atoms with Crippen LogP contribution in [0.3, 0.4) is 0 Å². The lowest BCUT2D eigenvalue weighted by Crippen LogP contribution is -2.04. The van der Waals surface area contributed by atoms with Crippen LogP contribution >= 0.6 is 22.9 Å². The van der Waals surface area contributed by atoms with Crippen LogP contribution in [0.4, 0.5) is 0 Å². The Balaban J connectivity index is 2.30. The van der Waals surface area contributed by atoms with E-state index in [2.05, 4.69) is 9.98 Å². The number of hydrogen-bond donors (Lipinski definition) is 0. The minimum Gasteiger partial charge on any atom is -0.417 e. The van der Waals surface area contributed by atoms with Gasteiger partial charge in [0.05, 0.1) is 4.88 Å². The van der Waals surface area contributed by atoms with Crippen LogP contribution in [0.5, 0.6) is 0 Å². The number of aliphatic imine (C=N–C) groups is 2. The van der Waals surface area contributed by atoms with Crippen molar-refractivity contribution < 1.29 is 4.74 Å². The standard InChI is InChI=1S/C11H11ClN2OS/c1-3-8-10(13-6-12)15-11(14-8)9-5-4-7(2)16-9/h3-5H,6H2,1-2H3/b8-3+,13-10+. The van der Waals surface area contributed by atoms with Crippen LogP contribution in [0, 0.1) is 6.92 Å². The number of ether oxygens (including phenoxy) is 1. The fourth-order valence-corrected chi connectivity index (χ4v) is 2.24. The lowest BCUT2D eigenvalue weighted by atomic mass is 10.4. The number of thiophene rings is 1. The summed E-state index contributed by atoms with van der Waals surface area (Å²) in [5.74, 6) is 1.11. The molecule has 1 aliphatic heterocycles. The summed E-state index contributed by atoms with van der Waals surface area (Å²) in [5, 5.41) is 0. The number of hydrogen-bond acceptors (Lipinski definition) is 4. The van der Waals surface area contributed by atoms with Gasteiger partial charge in [0.1, 0.15) is 11.7 Å². The molecule has 0 saturated carbocycles. The van der Waals surface area contributed by atoms with Crippen LogP contribution < -0.4 is 0 Å². The molecule has 0 N–H and O–H groups in total. The van der Waals surface area contributed by atoms with E-state index in [1.807, 2.05) is 32.1 Å². The van der Waals surface area contributed by atoms with E-state index >= 15 is 0 Å². The second-order valence-electron chi connectivity index (χ2n) is 3.19. The topological polar surface area (TPSA) is 34.0 Å². The molecule has 3 nitrogen and oxygen atoms in total. The van der Waals surface area contributed by atoms with E-state index in [0.717, 1.165) is 10.6 Å². The maximum atomic E-state index is 5.56. The van der Waals surface area contributed by atoms with Gasteiger partial charge in [-0.15, -0.1) is 22.9 Å². The zero-order valence-electron chi connectivity index (χ0n) is 9.03. The molecule has 0 radical (unpaired) electrons. The Morgan fingerprint density at radius 2 is 2.38 bits per heavy atom. The molecule has 1 aromatic heterocycles. The summed E-state index contributed by atoms with van der Waals surface area (Å²) < 4.78 is 5.56. The summed E-state index contributed by atoms with van der Waals surface area (Å²) in [6.07, 6.45) is 1.86. The molecule has 16 heavy (non-hydrogen) atoms. The van der Waals surface area contributed by atoms with Gasteiger partial charge < -0.3 is 4.74 Å². The normalized spacial score (nSPS) is 20.3. The van der Waals surface area contributed by atoms with Crippen LogP contribution in [0.2, 0.25) is 0 Å². The highest BCUT2D eigenvalue weighted by Crippen LogP contribution is 2.22. The molecule has 0 atom stereocenters. The Morgan fingerprint density at radius 1 is 1.56 bits per heavy atom. The molecular weight excluding hydrogens is 244 g/mol. The molecule has 0 aliphatic carbocycles. The molecule has 0 amide bonds. The van der Waals surface area contributed by atoms with Gasteiger partial charge in [-0.05, 0) is 26.0 Å². The minimum atomic E-state index is 0.180. The number of halogens is 1. The molecule has 2 rings (SSSR count). The first kappa shape index (κ1) is 11.4. The minimum absolute atomic E-state index is 0.180. The molecule has 0 bridgehead atoms. The molecule has 2 heterocycles. The monoisotopic (exact) mass is 254 g/mol. The fourth-order valence-electron chi connectivity index (χ4n) is 1.33. The van der Waals surface area contributed by atoms with Gasteiger partial charge in [0.15, 0.2) is 0 Å². The Bertz CT molecular complexity index is 488. The van der Waals surface area contributed by atoms with Crippen molar-refractivity contribution in [2.24, 2.45) is 9.98 Å². The van der Waals surface area contributed by atoms with Crippen LogP contribution in [0.25, 0.3) is 0 Å². The molecule has 0 aromatic carbocycles. The maximum Gasteiger partial charge on any atom is 0.243 e. The number of rotatable bonds is 2. The molecule has 1 aliphatic rings. The highest BCUT2D eigenvalue weighted by atomic mass is 35.5. The maximum absolute atomic E-state index is 5.56. The highest BCUT2D eigenvalue weighted by Gasteiger charge is 2.22. The lowest BCUT2D eigenvalue weighted by Gasteiger charge is -1.97. The third-order valence-corrected chi connectivity index (χ3v) is 3.17. The summed E-state index contributed by atoms with van der Waals surface area (Å²) in [7, 11) is 0. The first-order chi connectivity index (χ1) is 7.74. The molecular formula is C11H11ClN2OS. The predicted octanol–water partition coefficient (Wildman–Crippen LogP) is 3.33. The first-order valence-electron chi connectivity index (χ1n) is 4.85. The van der Waals surface area contributed by atoms with Crippen LogP contribution in [-0.2, 0) is 4.74 Å². The van der Waals surface area contributed by atoms with Gasteiger partial charge in [0.25, 0.3) is 0 Å². The lowest BCUT2D eigenvalue weighted by molar-refractivity contribution is 0.565. The van der Waals surface area contributed by atoms with Gasteiger partial charge in [-0.1, -0.05) is 6.08 Å². The third-order valence-electron chi connectivity index (χ3n) is 2.06. The number of nitrogens with zero attached hydrogens (tertiary/aromatic N) is 2. The summed E-state index contributed by atoms with van der Waals surface area (Å²) in [4.78, 5) is 10.6. The molecule has 0 unspecified atom stereocenters. The molecule has 84 valence electrons. The van der Waals surface area contributed by atoms with E-state index in [0.29, 0.717) is 11.8 Å². The van der Waals surface area contributed by atoms with Crippen molar-refractivity contribution in [2.45, 2.75) is 13.8 Å². The Hall–Kier alpha value is -1.13.